The van der Waals surface area contributed by atoms with Crippen LogP contribution in [0.3, 0.4) is 0 Å². The smallest absolute Gasteiger partial charge is 0.280 e. The molecule has 4 heterocycles. The van der Waals surface area contributed by atoms with Gasteiger partial charge in [-0.25, -0.2) is 23.7 Å². The van der Waals surface area contributed by atoms with Gasteiger partial charge >= 0.3 is 0 Å². The highest BCUT2D eigenvalue weighted by atomic mass is 19.3. The zero-order valence-electron chi connectivity index (χ0n) is 16.0. The van der Waals surface area contributed by atoms with E-state index < -0.39 is 6.43 Å². The van der Waals surface area contributed by atoms with Gasteiger partial charge in [0.2, 0.25) is 0 Å². The molecular weight excluding hydrogens is 374 g/mol. The quantitative estimate of drug-likeness (QED) is 0.786. The lowest BCUT2D eigenvalue weighted by atomic mass is 9.92. The molecule has 1 saturated carbocycles. The van der Waals surface area contributed by atoms with Crippen LogP contribution in [-0.4, -0.2) is 40.6 Å². The third kappa shape index (κ3) is 3.39. The van der Waals surface area contributed by atoms with E-state index in [1.165, 1.54) is 6.07 Å². The van der Waals surface area contributed by atoms with Crippen LogP contribution < -0.4 is 9.80 Å². The molecular formula is C21H22F2N6. The zero-order valence-corrected chi connectivity index (χ0v) is 16.0. The van der Waals surface area contributed by atoms with E-state index >= 15 is 0 Å². The second-order valence-electron chi connectivity index (χ2n) is 8.11. The van der Waals surface area contributed by atoms with E-state index in [2.05, 4.69) is 30.8 Å². The van der Waals surface area contributed by atoms with Crippen molar-refractivity contribution in [3.05, 3.63) is 41.5 Å². The standard InChI is InChI=1S/C21H22F2N6/c22-19(23)16-10-18(27-20(26-16)14-3-4-14)29-9-6-13-5-8-28(12-17(13)29)21-15(11-24)2-1-7-25-21/h1-2,7,10,13-14,17,19H,3-6,8-9,12H2. The van der Waals surface area contributed by atoms with Crippen molar-refractivity contribution in [2.24, 2.45) is 5.92 Å². The number of fused-ring (bicyclic) bond motifs is 1. The van der Waals surface area contributed by atoms with Gasteiger partial charge in [-0.1, -0.05) is 0 Å². The van der Waals surface area contributed by atoms with Crippen molar-refractivity contribution in [2.75, 3.05) is 29.4 Å². The highest BCUT2D eigenvalue weighted by Crippen LogP contribution is 2.41. The summed E-state index contributed by atoms with van der Waals surface area (Å²) >= 11 is 0. The number of hydrogen-bond donors (Lipinski definition) is 0. The second kappa shape index (κ2) is 7.21. The van der Waals surface area contributed by atoms with Gasteiger partial charge in [-0.05, 0) is 43.7 Å². The highest BCUT2D eigenvalue weighted by Gasteiger charge is 2.40. The van der Waals surface area contributed by atoms with E-state index in [1.807, 2.05) is 0 Å². The van der Waals surface area contributed by atoms with Gasteiger partial charge in [0.1, 0.15) is 29.2 Å². The number of alkyl halides is 2. The second-order valence-corrected chi connectivity index (χ2v) is 8.11. The lowest BCUT2D eigenvalue weighted by molar-refractivity contribution is 0.145. The largest absolute Gasteiger partial charge is 0.353 e. The third-order valence-corrected chi connectivity index (χ3v) is 6.28. The van der Waals surface area contributed by atoms with Crippen molar-refractivity contribution in [3.8, 4) is 6.07 Å². The number of halogens is 2. The van der Waals surface area contributed by atoms with Crippen molar-refractivity contribution in [3.63, 3.8) is 0 Å². The Morgan fingerprint density at radius 2 is 1.97 bits per heavy atom. The van der Waals surface area contributed by atoms with Crippen molar-refractivity contribution < 1.29 is 8.78 Å². The molecule has 2 saturated heterocycles. The van der Waals surface area contributed by atoms with Gasteiger partial charge < -0.3 is 9.80 Å². The Balaban J connectivity index is 1.45. The van der Waals surface area contributed by atoms with Crippen LogP contribution in [0.2, 0.25) is 0 Å². The van der Waals surface area contributed by atoms with Gasteiger partial charge in [0.05, 0.1) is 11.6 Å². The fourth-order valence-corrected chi connectivity index (χ4v) is 4.61. The number of anilines is 2. The maximum Gasteiger partial charge on any atom is 0.280 e. The van der Waals surface area contributed by atoms with Gasteiger partial charge in [-0.2, -0.15) is 5.26 Å². The summed E-state index contributed by atoms with van der Waals surface area (Å²) in [4.78, 5) is 17.5. The summed E-state index contributed by atoms with van der Waals surface area (Å²) in [5.74, 6) is 2.60. The normalized spacial score (nSPS) is 23.9. The van der Waals surface area contributed by atoms with Crippen molar-refractivity contribution in [2.45, 2.75) is 44.1 Å². The molecule has 1 aliphatic carbocycles. The Bertz CT molecular complexity index is 934. The molecule has 0 amide bonds. The molecule has 2 atom stereocenters. The van der Waals surface area contributed by atoms with E-state index in [0.29, 0.717) is 35.5 Å². The van der Waals surface area contributed by atoms with Gasteiger partial charge in [0.15, 0.2) is 0 Å². The van der Waals surface area contributed by atoms with Gasteiger partial charge in [-0.15, -0.1) is 0 Å². The number of aromatic nitrogens is 3. The van der Waals surface area contributed by atoms with Crippen molar-refractivity contribution in [1.29, 1.82) is 5.26 Å². The maximum atomic E-state index is 13.4. The third-order valence-electron chi connectivity index (χ3n) is 6.28. The summed E-state index contributed by atoms with van der Waals surface area (Å²) in [6, 6.07) is 7.40. The lowest BCUT2D eigenvalue weighted by Crippen LogP contribution is -2.49. The summed E-state index contributed by atoms with van der Waals surface area (Å²) in [6.07, 6.45) is 3.08. The van der Waals surface area contributed by atoms with Crippen LogP contribution in [0.15, 0.2) is 24.4 Å². The van der Waals surface area contributed by atoms with E-state index in [1.54, 1.807) is 18.3 Å². The molecule has 0 N–H and O–H groups in total. The summed E-state index contributed by atoms with van der Waals surface area (Å²) in [7, 11) is 0. The summed E-state index contributed by atoms with van der Waals surface area (Å²) in [5.41, 5.74) is 0.387. The number of rotatable bonds is 4. The van der Waals surface area contributed by atoms with Crippen LogP contribution in [0.5, 0.6) is 0 Å². The fourth-order valence-electron chi connectivity index (χ4n) is 4.61. The molecule has 0 bridgehead atoms. The molecule has 2 aromatic heterocycles. The predicted molar refractivity (Wildman–Crippen MR) is 104 cm³/mol. The van der Waals surface area contributed by atoms with Crippen LogP contribution >= 0.6 is 0 Å². The average molecular weight is 396 g/mol. The van der Waals surface area contributed by atoms with Crippen LogP contribution in [-0.2, 0) is 0 Å². The minimum Gasteiger partial charge on any atom is -0.353 e. The van der Waals surface area contributed by atoms with Crippen LogP contribution in [0.25, 0.3) is 0 Å². The van der Waals surface area contributed by atoms with Gasteiger partial charge in [0, 0.05) is 37.8 Å². The van der Waals surface area contributed by atoms with E-state index in [-0.39, 0.29) is 17.7 Å². The van der Waals surface area contributed by atoms with Crippen molar-refractivity contribution in [1.82, 2.24) is 15.0 Å². The summed E-state index contributed by atoms with van der Waals surface area (Å²) in [6.45, 7) is 2.36. The number of hydrogen-bond acceptors (Lipinski definition) is 6. The first-order chi connectivity index (χ1) is 14.1. The minimum absolute atomic E-state index is 0.171. The lowest BCUT2D eigenvalue weighted by Gasteiger charge is -2.39. The topological polar surface area (TPSA) is 68.9 Å². The molecule has 0 aromatic carbocycles. The molecule has 2 aliphatic heterocycles. The molecule has 2 aromatic rings. The first-order valence-electron chi connectivity index (χ1n) is 10.2. The number of piperidine rings is 1. The van der Waals surface area contributed by atoms with Crippen molar-refractivity contribution >= 4 is 11.6 Å². The molecule has 6 nitrogen and oxygen atoms in total. The minimum atomic E-state index is -2.60. The van der Waals surface area contributed by atoms with Crippen LogP contribution in [0.4, 0.5) is 20.4 Å². The first-order valence-corrected chi connectivity index (χ1v) is 10.2. The Labute approximate surface area is 168 Å². The maximum absolute atomic E-state index is 13.4. The molecule has 2 unspecified atom stereocenters. The molecule has 5 rings (SSSR count). The molecule has 150 valence electrons. The Morgan fingerprint density at radius 1 is 1.14 bits per heavy atom. The van der Waals surface area contributed by atoms with E-state index in [0.717, 1.165) is 38.8 Å². The summed E-state index contributed by atoms with van der Waals surface area (Å²) < 4.78 is 26.9. The fraction of sp³-hybridized carbons (Fsp3) is 0.524. The Hall–Kier alpha value is -2.82. The molecule has 29 heavy (non-hydrogen) atoms. The predicted octanol–water partition coefficient (Wildman–Crippen LogP) is 3.66. The van der Waals surface area contributed by atoms with Gasteiger partial charge in [0.25, 0.3) is 6.43 Å². The summed E-state index contributed by atoms with van der Waals surface area (Å²) in [5, 5.41) is 9.42. The average Bonchev–Trinajstić information content (AvgIpc) is 3.52. The van der Waals surface area contributed by atoms with Crippen LogP contribution in [0, 0.1) is 17.2 Å². The number of nitriles is 1. The van der Waals surface area contributed by atoms with Gasteiger partial charge in [-0.3, -0.25) is 0 Å². The number of pyridine rings is 1. The molecule has 3 aliphatic rings. The van der Waals surface area contributed by atoms with E-state index in [9.17, 15) is 14.0 Å². The molecule has 8 heteroatoms. The first kappa shape index (κ1) is 18.2. The van der Waals surface area contributed by atoms with Crippen LogP contribution in [0.1, 0.15) is 55.1 Å². The zero-order chi connectivity index (χ0) is 20.0. The molecule has 0 spiro atoms. The highest BCUT2D eigenvalue weighted by molar-refractivity contribution is 5.55. The molecule has 3 fully saturated rings. The Kier molecular flexibility index (Phi) is 4.53. The number of nitrogens with zero attached hydrogens (tertiary/aromatic N) is 6. The molecule has 0 radical (unpaired) electrons. The SMILES string of the molecule is N#Cc1cccnc1N1CCC2CCN(c3cc(C(F)F)nc(C4CC4)n3)C2C1. The monoisotopic (exact) mass is 396 g/mol. The van der Waals surface area contributed by atoms with E-state index in [4.69, 9.17) is 0 Å². The Morgan fingerprint density at radius 3 is 2.72 bits per heavy atom.